The summed E-state index contributed by atoms with van der Waals surface area (Å²) in [6.07, 6.45) is 3.73. The van der Waals surface area contributed by atoms with Crippen molar-refractivity contribution in [3.63, 3.8) is 0 Å². The molecule has 2 aliphatic rings. The summed E-state index contributed by atoms with van der Waals surface area (Å²) in [5.41, 5.74) is 0.817. The highest BCUT2D eigenvalue weighted by Gasteiger charge is 2.35. The van der Waals surface area contributed by atoms with Crippen molar-refractivity contribution >= 4 is 17.5 Å². The highest BCUT2D eigenvalue weighted by molar-refractivity contribution is 6.00. The molecule has 0 radical (unpaired) electrons. The number of amides is 2. The molecular weight excluding hydrogens is 330 g/mol. The summed E-state index contributed by atoms with van der Waals surface area (Å²) >= 11 is 0. The fourth-order valence-corrected chi connectivity index (χ4v) is 3.79. The molecule has 1 aromatic carbocycles. The Morgan fingerprint density at radius 3 is 2.58 bits per heavy atom. The Morgan fingerprint density at radius 2 is 1.92 bits per heavy atom. The number of carbonyl (C=O) groups is 2. The van der Waals surface area contributed by atoms with E-state index in [1.807, 2.05) is 24.3 Å². The second-order valence-electron chi connectivity index (χ2n) is 7.43. The van der Waals surface area contributed by atoms with Crippen molar-refractivity contribution in [3.8, 4) is 5.75 Å². The largest absolute Gasteiger partial charge is 0.497 e. The van der Waals surface area contributed by atoms with Crippen molar-refractivity contribution in [2.75, 3.05) is 45.2 Å². The first kappa shape index (κ1) is 18.7. The van der Waals surface area contributed by atoms with Crippen LogP contribution in [0.15, 0.2) is 24.3 Å². The lowest BCUT2D eigenvalue weighted by molar-refractivity contribution is -0.126. The molecule has 3 rings (SSSR count). The van der Waals surface area contributed by atoms with Gasteiger partial charge in [-0.3, -0.25) is 9.59 Å². The summed E-state index contributed by atoms with van der Waals surface area (Å²) in [5.74, 6) is 1.20. The van der Waals surface area contributed by atoms with Crippen molar-refractivity contribution in [2.24, 2.45) is 11.8 Å². The first-order chi connectivity index (χ1) is 12.6. The zero-order valence-corrected chi connectivity index (χ0v) is 15.7. The van der Waals surface area contributed by atoms with Crippen LogP contribution in [0.1, 0.15) is 25.7 Å². The van der Waals surface area contributed by atoms with E-state index in [0.29, 0.717) is 19.0 Å². The van der Waals surface area contributed by atoms with Gasteiger partial charge in [0.15, 0.2) is 0 Å². The number of anilines is 1. The van der Waals surface area contributed by atoms with Gasteiger partial charge in [0.05, 0.1) is 13.0 Å². The number of nitrogens with one attached hydrogen (secondary N) is 1. The fraction of sp³-hybridized carbons (Fsp3) is 0.600. The molecule has 26 heavy (non-hydrogen) atoms. The Hall–Kier alpha value is -2.08. The number of rotatable bonds is 6. The Balaban J connectivity index is 1.46. The Bertz CT molecular complexity index is 624. The monoisotopic (exact) mass is 359 g/mol. The van der Waals surface area contributed by atoms with Gasteiger partial charge in [0.25, 0.3) is 0 Å². The second kappa shape index (κ2) is 8.54. The van der Waals surface area contributed by atoms with Crippen LogP contribution in [0.4, 0.5) is 5.69 Å². The van der Waals surface area contributed by atoms with Crippen LogP contribution in [0.25, 0.3) is 0 Å². The molecule has 0 aliphatic carbocycles. The van der Waals surface area contributed by atoms with E-state index in [1.54, 1.807) is 12.0 Å². The maximum atomic E-state index is 12.4. The van der Waals surface area contributed by atoms with E-state index >= 15 is 0 Å². The topological polar surface area (TPSA) is 61.9 Å². The molecule has 2 saturated heterocycles. The third kappa shape index (κ3) is 4.55. The van der Waals surface area contributed by atoms with Crippen LogP contribution in [-0.4, -0.2) is 57.1 Å². The first-order valence-electron chi connectivity index (χ1n) is 9.47. The van der Waals surface area contributed by atoms with Gasteiger partial charge in [0.1, 0.15) is 5.75 Å². The lowest BCUT2D eigenvalue weighted by Crippen LogP contribution is -2.35. The summed E-state index contributed by atoms with van der Waals surface area (Å²) in [6.45, 7) is 3.45. The molecule has 2 aliphatic heterocycles. The number of carbonyl (C=O) groups excluding carboxylic acids is 2. The Morgan fingerprint density at radius 1 is 1.23 bits per heavy atom. The average molecular weight is 359 g/mol. The normalized spacial score (nSPS) is 21.8. The third-order valence-corrected chi connectivity index (χ3v) is 5.57. The van der Waals surface area contributed by atoms with E-state index in [4.69, 9.17) is 4.74 Å². The predicted molar refractivity (Wildman–Crippen MR) is 101 cm³/mol. The molecule has 1 aromatic rings. The lowest BCUT2D eigenvalue weighted by atomic mass is 9.94. The zero-order chi connectivity index (χ0) is 18.5. The van der Waals surface area contributed by atoms with Crippen molar-refractivity contribution in [1.82, 2.24) is 10.2 Å². The predicted octanol–water partition coefficient (Wildman–Crippen LogP) is 1.90. The molecule has 2 amide bonds. The molecule has 6 nitrogen and oxygen atoms in total. The van der Waals surface area contributed by atoms with Crippen molar-refractivity contribution in [2.45, 2.75) is 25.7 Å². The molecule has 2 heterocycles. The molecule has 0 spiro atoms. The zero-order valence-electron chi connectivity index (χ0n) is 15.7. The van der Waals surface area contributed by atoms with Crippen LogP contribution in [-0.2, 0) is 9.59 Å². The molecule has 0 saturated carbocycles. The lowest BCUT2D eigenvalue weighted by Gasteiger charge is -2.29. The van der Waals surface area contributed by atoms with Crippen LogP contribution in [0.2, 0.25) is 0 Å². The Kier molecular flexibility index (Phi) is 6.14. The molecule has 1 N–H and O–H groups in total. The van der Waals surface area contributed by atoms with Crippen molar-refractivity contribution in [1.29, 1.82) is 0 Å². The highest BCUT2D eigenvalue weighted by Crippen LogP contribution is 2.27. The van der Waals surface area contributed by atoms with Gasteiger partial charge in [-0.15, -0.1) is 0 Å². The van der Waals surface area contributed by atoms with E-state index in [1.165, 1.54) is 12.8 Å². The van der Waals surface area contributed by atoms with Crippen LogP contribution >= 0.6 is 0 Å². The van der Waals surface area contributed by atoms with Crippen molar-refractivity contribution < 1.29 is 14.3 Å². The number of likely N-dealkylation sites (tertiary alicyclic amines) is 1. The van der Waals surface area contributed by atoms with Crippen LogP contribution < -0.4 is 15.0 Å². The number of piperidine rings is 1. The SMILES string of the molecule is COc1ccc(N2CC(C(=O)NCCC3CCN(C)CC3)CC2=O)cc1. The number of methoxy groups -OCH3 is 1. The molecule has 6 heteroatoms. The quantitative estimate of drug-likeness (QED) is 0.843. The van der Waals surface area contributed by atoms with E-state index in [0.717, 1.165) is 30.9 Å². The number of hydrogen-bond acceptors (Lipinski definition) is 4. The van der Waals surface area contributed by atoms with Crippen molar-refractivity contribution in [3.05, 3.63) is 24.3 Å². The second-order valence-corrected chi connectivity index (χ2v) is 7.43. The minimum absolute atomic E-state index is 0.00212. The maximum Gasteiger partial charge on any atom is 0.227 e. The maximum absolute atomic E-state index is 12.4. The first-order valence-corrected chi connectivity index (χ1v) is 9.47. The van der Waals surface area contributed by atoms with E-state index in [9.17, 15) is 9.59 Å². The van der Waals surface area contributed by atoms with Gasteiger partial charge in [0, 0.05) is 25.2 Å². The summed E-state index contributed by atoms with van der Waals surface area (Å²) < 4.78 is 5.15. The van der Waals surface area contributed by atoms with Gasteiger partial charge in [-0.05, 0) is 69.6 Å². The number of benzene rings is 1. The molecule has 2 fully saturated rings. The fourth-order valence-electron chi connectivity index (χ4n) is 3.79. The minimum Gasteiger partial charge on any atom is -0.497 e. The number of hydrogen-bond donors (Lipinski definition) is 1. The number of ether oxygens (including phenoxy) is 1. The van der Waals surface area contributed by atoms with Crippen LogP contribution in [0.5, 0.6) is 5.75 Å². The van der Waals surface area contributed by atoms with Gasteiger partial charge in [-0.25, -0.2) is 0 Å². The van der Waals surface area contributed by atoms with E-state index in [-0.39, 0.29) is 24.2 Å². The smallest absolute Gasteiger partial charge is 0.227 e. The molecule has 142 valence electrons. The highest BCUT2D eigenvalue weighted by atomic mass is 16.5. The molecule has 0 bridgehead atoms. The molecule has 1 atom stereocenters. The van der Waals surface area contributed by atoms with E-state index in [2.05, 4.69) is 17.3 Å². The standard InChI is InChI=1S/C20H29N3O3/c1-22-11-8-15(9-12-22)7-10-21-20(25)16-13-19(24)23(14-16)17-3-5-18(26-2)6-4-17/h3-6,15-16H,7-14H2,1-2H3,(H,21,25). The minimum atomic E-state index is -0.262. The summed E-state index contributed by atoms with van der Waals surface area (Å²) in [5, 5.41) is 3.04. The van der Waals surface area contributed by atoms with Crippen LogP contribution in [0.3, 0.4) is 0 Å². The summed E-state index contributed by atoms with van der Waals surface area (Å²) in [4.78, 5) is 28.8. The van der Waals surface area contributed by atoms with Gasteiger partial charge < -0.3 is 19.9 Å². The third-order valence-electron chi connectivity index (χ3n) is 5.57. The van der Waals surface area contributed by atoms with Crippen LogP contribution in [0, 0.1) is 11.8 Å². The van der Waals surface area contributed by atoms with E-state index < -0.39 is 0 Å². The Labute approximate surface area is 155 Å². The average Bonchev–Trinajstić information content (AvgIpc) is 3.05. The molecule has 0 aromatic heterocycles. The summed E-state index contributed by atoms with van der Waals surface area (Å²) in [7, 11) is 3.77. The molecule has 1 unspecified atom stereocenters. The summed E-state index contributed by atoms with van der Waals surface area (Å²) in [6, 6.07) is 7.38. The van der Waals surface area contributed by atoms with Gasteiger partial charge in [-0.1, -0.05) is 0 Å². The van der Waals surface area contributed by atoms with Gasteiger partial charge in [-0.2, -0.15) is 0 Å². The van der Waals surface area contributed by atoms with Gasteiger partial charge in [0.2, 0.25) is 11.8 Å². The van der Waals surface area contributed by atoms with Gasteiger partial charge >= 0.3 is 0 Å². The number of nitrogens with zero attached hydrogens (tertiary/aromatic N) is 2. The molecular formula is C20H29N3O3.